The number of para-hydroxylation sites is 1. The minimum atomic E-state index is -0.238. The van der Waals surface area contributed by atoms with E-state index >= 15 is 0 Å². The fourth-order valence-electron chi connectivity index (χ4n) is 2.90. The molecule has 1 N–H and O–H groups in total. The van der Waals surface area contributed by atoms with E-state index in [1.807, 2.05) is 24.8 Å². The largest absolute Gasteiger partial charge is 0.366 e. The lowest BCUT2D eigenvalue weighted by Crippen LogP contribution is -2.51. The number of carbonyl (C=O) groups is 2. The van der Waals surface area contributed by atoms with Gasteiger partial charge >= 0.3 is 0 Å². The lowest BCUT2D eigenvalue weighted by Gasteiger charge is -2.36. The van der Waals surface area contributed by atoms with Crippen molar-refractivity contribution < 1.29 is 14.0 Å². The second kappa shape index (κ2) is 8.80. The van der Waals surface area contributed by atoms with Gasteiger partial charge in [0, 0.05) is 32.2 Å². The number of likely N-dealkylation sites (N-methyl/N-ethyl adjacent to an activating group) is 1. The molecule has 2 amide bonds. The van der Waals surface area contributed by atoms with E-state index in [9.17, 15) is 14.0 Å². The van der Waals surface area contributed by atoms with Gasteiger partial charge in [-0.3, -0.25) is 14.5 Å². The number of anilines is 1. The molecule has 1 saturated heterocycles. The van der Waals surface area contributed by atoms with E-state index in [2.05, 4.69) is 5.32 Å². The number of nitrogens with one attached hydrogen (secondary N) is 1. The fourth-order valence-corrected chi connectivity index (χ4v) is 2.90. The van der Waals surface area contributed by atoms with Gasteiger partial charge in [0.2, 0.25) is 11.8 Å². The number of nitrogens with zero attached hydrogens (tertiary/aromatic N) is 3. The van der Waals surface area contributed by atoms with Crippen LogP contribution < -0.4 is 10.2 Å². The average molecular weight is 350 g/mol. The highest BCUT2D eigenvalue weighted by atomic mass is 19.1. The average Bonchev–Trinajstić information content (AvgIpc) is 2.54. The van der Waals surface area contributed by atoms with E-state index in [0.717, 1.165) is 0 Å². The van der Waals surface area contributed by atoms with Gasteiger partial charge in [0.1, 0.15) is 5.82 Å². The monoisotopic (exact) mass is 350 g/mol. The van der Waals surface area contributed by atoms with E-state index < -0.39 is 0 Å². The number of benzene rings is 1. The number of hydrogen-bond acceptors (Lipinski definition) is 4. The third-order valence-electron chi connectivity index (χ3n) is 4.09. The van der Waals surface area contributed by atoms with Crippen LogP contribution in [0.3, 0.4) is 0 Å². The first kappa shape index (κ1) is 19.2. The van der Waals surface area contributed by atoms with E-state index in [1.54, 1.807) is 29.0 Å². The van der Waals surface area contributed by atoms with Crippen LogP contribution in [0.2, 0.25) is 0 Å². The molecule has 1 aliphatic heterocycles. The first-order chi connectivity index (χ1) is 11.9. The summed E-state index contributed by atoms with van der Waals surface area (Å²) in [6.45, 7) is 6.51. The first-order valence-electron chi connectivity index (χ1n) is 8.62. The third kappa shape index (κ3) is 5.70. The van der Waals surface area contributed by atoms with Crippen molar-refractivity contribution in [3.8, 4) is 0 Å². The summed E-state index contributed by atoms with van der Waals surface area (Å²) >= 11 is 0. The lowest BCUT2D eigenvalue weighted by atomic mass is 10.2. The van der Waals surface area contributed by atoms with Crippen molar-refractivity contribution in [1.29, 1.82) is 0 Å². The Morgan fingerprint density at radius 3 is 2.40 bits per heavy atom. The topological polar surface area (TPSA) is 55.9 Å². The van der Waals surface area contributed by atoms with Crippen LogP contribution in [0.4, 0.5) is 10.1 Å². The zero-order valence-corrected chi connectivity index (χ0v) is 15.2. The third-order valence-corrected chi connectivity index (χ3v) is 4.09. The predicted octanol–water partition coefficient (Wildman–Crippen LogP) is 0.931. The van der Waals surface area contributed by atoms with Crippen LogP contribution in [0.25, 0.3) is 0 Å². The van der Waals surface area contributed by atoms with Gasteiger partial charge in [0.05, 0.1) is 18.8 Å². The molecule has 0 radical (unpaired) electrons. The maximum absolute atomic E-state index is 13.8. The first-order valence-corrected chi connectivity index (χ1v) is 8.62. The van der Waals surface area contributed by atoms with Crippen molar-refractivity contribution in [1.82, 2.24) is 15.1 Å². The van der Waals surface area contributed by atoms with Crippen LogP contribution in [0.15, 0.2) is 24.3 Å². The van der Waals surface area contributed by atoms with Crippen LogP contribution in [0.5, 0.6) is 0 Å². The molecule has 0 aromatic heterocycles. The van der Waals surface area contributed by atoms with Gasteiger partial charge in [-0.15, -0.1) is 0 Å². The van der Waals surface area contributed by atoms with Gasteiger partial charge in [0.25, 0.3) is 0 Å². The summed E-state index contributed by atoms with van der Waals surface area (Å²) in [7, 11) is 1.76. The van der Waals surface area contributed by atoms with Crippen molar-refractivity contribution in [2.24, 2.45) is 0 Å². The Balaban J connectivity index is 1.79. The van der Waals surface area contributed by atoms with Gasteiger partial charge in [-0.05, 0) is 33.0 Å². The molecule has 0 spiro atoms. The van der Waals surface area contributed by atoms with E-state index in [1.165, 1.54) is 6.07 Å². The molecule has 0 unspecified atom stereocenters. The molecule has 7 heteroatoms. The number of halogens is 1. The van der Waals surface area contributed by atoms with E-state index in [4.69, 9.17) is 0 Å². The normalized spacial score (nSPS) is 15.0. The fraction of sp³-hybridized carbons (Fsp3) is 0.556. The number of rotatable bonds is 6. The molecule has 1 aliphatic rings. The molecule has 0 bridgehead atoms. The zero-order valence-electron chi connectivity index (χ0n) is 15.2. The van der Waals surface area contributed by atoms with Crippen molar-refractivity contribution >= 4 is 17.5 Å². The van der Waals surface area contributed by atoms with Crippen LogP contribution in [0, 0.1) is 5.82 Å². The van der Waals surface area contributed by atoms with Crippen LogP contribution >= 0.6 is 0 Å². The van der Waals surface area contributed by atoms with Gasteiger partial charge < -0.3 is 15.1 Å². The number of hydrogen-bond donors (Lipinski definition) is 1. The minimum absolute atomic E-state index is 0.00645. The summed E-state index contributed by atoms with van der Waals surface area (Å²) in [6.07, 6.45) is 0. The van der Waals surface area contributed by atoms with Crippen molar-refractivity contribution in [3.63, 3.8) is 0 Å². The number of amides is 2. The summed E-state index contributed by atoms with van der Waals surface area (Å²) in [5.41, 5.74) is 0.581. The summed E-state index contributed by atoms with van der Waals surface area (Å²) in [6, 6.07) is 6.78. The minimum Gasteiger partial charge on any atom is -0.366 e. The van der Waals surface area contributed by atoms with E-state index in [-0.39, 0.29) is 36.8 Å². The van der Waals surface area contributed by atoms with Crippen LogP contribution in [0.1, 0.15) is 13.8 Å². The molecule has 1 aromatic carbocycles. The van der Waals surface area contributed by atoms with E-state index in [0.29, 0.717) is 31.9 Å². The molecule has 0 aliphatic carbocycles. The number of piperazine rings is 1. The van der Waals surface area contributed by atoms with Crippen LogP contribution in [-0.4, -0.2) is 74.0 Å². The molecule has 1 aromatic rings. The van der Waals surface area contributed by atoms with Gasteiger partial charge in [-0.25, -0.2) is 4.39 Å². The highest BCUT2D eigenvalue weighted by molar-refractivity contribution is 5.81. The zero-order chi connectivity index (χ0) is 18.4. The summed E-state index contributed by atoms with van der Waals surface area (Å²) < 4.78 is 13.8. The van der Waals surface area contributed by atoms with Gasteiger partial charge in [0.15, 0.2) is 0 Å². The molecule has 25 heavy (non-hydrogen) atoms. The van der Waals surface area contributed by atoms with Gasteiger partial charge in [-0.1, -0.05) is 12.1 Å². The van der Waals surface area contributed by atoms with Crippen LogP contribution in [-0.2, 0) is 9.59 Å². The second-order valence-electron chi connectivity index (χ2n) is 6.71. The molecule has 1 heterocycles. The summed E-state index contributed by atoms with van der Waals surface area (Å²) in [5.74, 6) is -0.333. The Labute approximate surface area is 148 Å². The lowest BCUT2D eigenvalue weighted by molar-refractivity contribution is -0.133. The summed E-state index contributed by atoms with van der Waals surface area (Å²) in [4.78, 5) is 29.6. The maximum atomic E-state index is 13.8. The Morgan fingerprint density at radius 2 is 1.80 bits per heavy atom. The van der Waals surface area contributed by atoms with Crippen molar-refractivity contribution in [2.45, 2.75) is 19.9 Å². The quantitative estimate of drug-likeness (QED) is 0.829. The molecular formula is C18H27FN4O2. The molecule has 0 atom stereocenters. The Kier molecular flexibility index (Phi) is 6.75. The smallest absolute Gasteiger partial charge is 0.236 e. The molecule has 1 fully saturated rings. The highest BCUT2D eigenvalue weighted by Crippen LogP contribution is 2.20. The number of carbonyl (C=O) groups excluding carboxylic acids is 2. The standard InChI is InChI=1S/C18H27FN4O2/c1-14(2)20-17(24)12-21(3)13-18(25)23-10-8-22(9-11-23)16-7-5-4-6-15(16)19/h4-7,14H,8-13H2,1-3H3,(H,20,24). The summed E-state index contributed by atoms with van der Waals surface area (Å²) in [5, 5.41) is 2.81. The Morgan fingerprint density at radius 1 is 1.16 bits per heavy atom. The van der Waals surface area contributed by atoms with Gasteiger partial charge in [-0.2, -0.15) is 0 Å². The Hall–Kier alpha value is -2.15. The highest BCUT2D eigenvalue weighted by Gasteiger charge is 2.23. The predicted molar refractivity (Wildman–Crippen MR) is 96.0 cm³/mol. The molecule has 2 rings (SSSR count). The molecular weight excluding hydrogens is 323 g/mol. The Bertz CT molecular complexity index is 600. The van der Waals surface area contributed by atoms with Crippen molar-refractivity contribution in [3.05, 3.63) is 30.1 Å². The SMILES string of the molecule is CC(C)NC(=O)CN(C)CC(=O)N1CCN(c2ccccc2F)CC1. The molecule has 138 valence electrons. The maximum Gasteiger partial charge on any atom is 0.236 e. The second-order valence-corrected chi connectivity index (χ2v) is 6.71. The molecule has 0 saturated carbocycles. The molecule has 6 nitrogen and oxygen atoms in total. The van der Waals surface area contributed by atoms with Crippen molar-refractivity contribution in [2.75, 3.05) is 51.2 Å².